The maximum Gasteiger partial charge on any atom is 0.248 e. The summed E-state index contributed by atoms with van der Waals surface area (Å²) in [6.45, 7) is 0. The number of nitrogens with zero attached hydrogens (tertiary/aromatic N) is 6. The smallest absolute Gasteiger partial charge is 0.248 e. The van der Waals surface area contributed by atoms with Crippen LogP contribution in [0, 0.1) is 5.82 Å². The Balaban J connectivity index is 1.58. The van der Waals surface area contributed by atoms with Gasteiger partial charge in [0.25, 0.3) is 0 Å². The third-order valence-corrected chi connectivity index (χ3v) is 6.60. The summed E-state index contributed by atoms with van der Waals surface area (Å²) < 4.78 is 17.2. The minimum absolute atomic E-state index is 0.386. The minimum Gasteiger partial charge on any atom is -0.374 e. The maximum atomic E-state index is 13.8. The molecule has 1 aliphatic rings. The molecule has 174 valence electrons. The van der Waals surface area contributed by atoms with Crippen LogP contribution < -0.4 is 5.32 Å². The molecule has 1 aliphatic heterocycles. The molecule has 10 heteroatoms. The van der Waals surface area contributed by atoms with Crippen molar-refractivity contribution in [1.29, 1.82) is 0 Å². The fraction of sp³-hybridized carbons (Fsp3) is 0.120. The Morgan fingerprint density at radius 2 is 1.86 bits per heavy atom. The molecule has 0 saturated heterocycles. The Kier molecular flexibility index (Phi) is 4.91. The summed E-state index contributed by atoms with van der Waals surface area (Å²) in [4.78, 5) is 4.21. The second-order valence-electron chi connectivity index (χ2n) is 8.44. The molecule has 6 rings (SSSR count). The number of anilines is 2. The van der Waals surface area contributed by atoms with Gasteiger partial charge in [-0.05, 0) is 63.5 Å². The number of hydrogen-bond acceptors (Lipinski definition) is 6. The van der Waals surface area contributed by atoms with E-state index < -0.39 is 5.60 Å². The van der Waals surface area contributed by atoms with Crippen molar-refractivity contribution in [2.75, 3.05) is 5.32 Å². The zero-order valence-corrected chi connectivity index (χ0v) is 19.2. The maximum absolute atomic E-state index is 13.8. The number of tetrazole rings is 1. The van der Waals surface area contributed by atoms with E-state index in [4.69, 9.17) is 11.6 Å². The van der Waals surface area contributed by atoms with Crippen molar-refractivity contribution < 1.29 is 9.50 Å². The van der Waals surface area contributed by atoms with Crippen LogP contribution >= 0.6 is 11.6 Å². The average Bonchev–Trinajstić information content (AvgIpc) is 3.51. The summed E-state index contributed by atoms with van der Waals surface area (Å²) in [5.41, 5.74) is 2.55. The predicted octanol–water partition coefficient (Wildman–Crippen LogP) is 4.18. The molecule has 2 N–H and O–H groups in total. The molecule has 2 atom stereocenters. The van der Waals surface area contributed by atoms with Crippen LogP contribution in [0.3, 0.4) is 0 Å². The number of benzene rings is 3. The lowest BCUT2D eigenvalue weighted by Gasteiger charge is -2.33. The third-order valence-electron chi connectivity index (χ3n) is 6.36. The van der Waals surface area contributed by atoms with Gasteiger partial charge in [-0.15, -0.1) is 0 Å². The van der Waals surface area contributed by atoms with E-state index in [0.717, 1.165) is 16.8 Å². The SMILES string of the molecule is Cn1cncc1C(O)(c1ccc(F)cc1)c1ccc2c(c1)C(c1cccc(Cl)c1)n1nnnc1N2. The Morgan fingerprint density at radius 3 is 2.60 bits per heavy atom. The largest absolute Gasteiger partial charge is 0.374 e. The molecule has 0 fully saturated rings. The molecular formula is C25H19ClFN7O. The number of hydrogen-bond donors (Lipinski definition) is 2. The molecule has 35 heavy (non-hydrogen) atoms. The number of aliphatic hydroxyl groups is 1. The van der Waals surface area contributed by atoms with Gasteiger partial charge < -0.3 is 15.0 Å². The highest BCUT2D eigenvalue weighted by Gasteiger charge is 2.38. The summed E-state index contributed by atoms with van der Waals surface area (Å²) in [5, 5.41) is 28.2. The number of rotatable bonds is 4. The van der Waals surface area contributed by atoms with Crippen LogP contribution in [0.5, 0.6) is 0 Å². The zero-order chi connectivity index (χ0) is 24.2. The first-order chi connectivity index (χ1) is 16.9. The van der Waals surface area contributed by atoms with Gasteiger partial charge in [-0.1, -0.05) is 47.0 Å². The fourth-order valence-electron chi connectivity index (χ4n) is 4.69. The standard InChI is InChI=1S/C25H19ClFN7O/c1-33-14-28-13-22(33)25(35,16-5-8-19(27)9-6-16)17-7-10-21-20(12-17)23(15-3-2-4-18(26)11-15)34-24(29-21)30-31-32-34/h2-14,23,35H,1H3,(H,29,30,32). The highest BCUT2D eigenvalue weighted by molar-refractivity contribution is 6.30. The minimum atomic E-state index is -1.60. The Labute approximate surface area is 204 Å². The molecule has 0 bridgehead atoms. The van der Waals surface area contributed by atoms with Gasteiger partial charge in [0.05, 0.1) is 18.2 Å². The van der Waals surface area contributed by atoms with Gasteiger partial charge in [0.2, 0.25) is 5.95 Å². The highest BCUT2D eigenvalue weighted by Crippen LogP contribution is 2.43. The van der Waals surface area contributed by atoms with E-state index in [1.54, 1.807) is 47.0 Å². The molecule has 3 heterocycles. The zero-order valence-electron chi connectivity index (χ0n) is 18.5. The van der Waals surface area contributed by atoms with Crippen molar-refractivity contribution in [3.05, 3.63) is 118 Å². The first-order valence-corrected chi connectivity index (χ1v) is 11.2. The fourth-order valence-corrected chi connectivity index (χ4v) is 4.89. The van der Waals surface area contributed by atoms with Gasteiger partial charge in [0, 0.05) is 23.3 Å². The number of fused-ring (bicyclic) bond motifs is 2. The lowest BCUT2D eigenvalue weighted by Crippen LogP contribution is -2.32. The molecule has 0 radical (unpaired) electrons. The lowest BCUT2D eigenvalue weighted by atomic mass is 9.81. The van der Waals surface area contributed by atoms with E-state index in [-0.39, 0.29) is 11.9 Å². The van der Waals surface area contributed by atoms with Crippen LogP contribution in [-0.4, -0.2) is 34.9 Å². The Morgan fingerprint density at radius 1 is 1.06 bits per heavy atom. The first kappa shape index (κ1) is 21.5. The second-order valence-corrected chi connectivity index (χ2v) is 8.88. The number of imidazole rings is 1. The van der Waals surface area contributed by atoms with Crippen LogP contribution in [0.4, 0.5) is 16.0 Å². The Bertz CT molecular complexity index is 1550. The number of halogens is 2. The molecule has 0 amide bonds. The molecule has 2 aromatic heterocycles. The van der Waals surface area contributed by atoms with Crippen molar-refractivity contribution in [2.45, 2.75) is 11.6 Å². The van der Waals surface area contributed by atoms with E-state index in [1.165, 1.54) is 12.1 Å². The molecule has 0 spiro atoms. The number of aryl methyl sites for hydroxylation is 1. The van der Waals surface area contributed by atoms with Crippen LogP contribution in [-0.2, 0) is 12.6 Å². The summed E-state index contributed by atoms with van der Waals surface area (Å²) >= 11 is 6.32. The van der Waals surface area contributed by atoms with E-state index in [0.29, 0.717) is 27.8 Å². The Hall–Kier alpha value is -4.08. The van der Waals surface area contributed by atoms with Gasteiger partial charge in [-0.2, -0.15) is 4.68 Å². The predicted molar refractivity (Wildman–Crippen MR) is 128 cm³/mol. The molecule has 0 aliphatic carbocycles. The average molecular weight is 488 g/mol. The van der Waals surface area contributed by atoms with Crippen LogP contribution in [0.1, 0.15) is 34.0 Å². The van der Waals surface area contributed by atoms with E-state index in [9.17, 15) is 9.50 Å². The molecule has 5 aromatic rings. The van der Waals surface area contributed by atoms with Gasteiger partial charge in [-0.25, -0.2) is 9.37 Å². The molecular weight excluding hydrogens is 469 g/mol. The van der Waals surface area contributed by atoms with Gasteiger partial charge >= 0.3 is 0 Å². The first-order valence-electron chi connectivity index (χ1n) is 10.8. The van der Waals surface area contributed by atoms with Crippen molar-refractivity contribution in [3.8, 4) is 0 Å². The van der Waals surface area contributed by atoms with Crippen LogP contribution in [0.15, 0.2) is 79.3 Å². The summed E-state index contributed by atoms with van der Waals surface area (Å²) in [5.74, 6) is 0.110. The molecule has 8 nitrogen and oxygen atoms in total. The van der Waals surface area contributed by atoms with Crippen LogP contribution in [0.2, 0.25) is 5.02 Å². The van der Waals surface area contributed by atoms with Crippen molar-refractivity contribution in [1.82, 2.24) is 29.8 Å². The third kappa shape index (κ3) is 3.39. The monoisotopic (exact) mass is 487 g/mol. The van der Waals surface area contributed by atoms with Gasteiger partial charge in [-0.3, -0.25) is 0 Å². The van der Waals surface area contributed by atoms with Crippen LogP contribution in [0.25, 0.3) is 0 Å². The summed E-state index contributed by atoms with van der Waals surface area (Å²) in [6.07, 6.45) is 3.22. The van der Waals surface area contributed by atoms with Crippen molar-refractivity contribution in [2.24, 2.45) is 7.05 Å². The number of nitrogens with one attached hydrogen (secondary N) is 1. The highest BCUT2D eigenvalue weighted by atomic mass is 35.5. The summed E-state index contributed by atoms with van der Waals surface area (Å²) in [7, 11) is 1.80. The summed E-state index contributed by atoms with van der Waals surface area (Å²) in [6, 6.07) is 18.6. The van der Waals surface area contributed by atoms with Crippen molar-refractivity contribution in [3.63, 3.8) is 0 Å². The topological polar surface area (TPSA) is 93.7 Å². The molecule has 2 unspecified atom stereocenters. The quantitative estimate of drug-likeness (QED) is 0.387. The second kappa shape index (κ2) is 8.00. The molecule has 0 saturated carbocycles. The van der Waals surface area contributed by atoms with E-state index >= 15 is 0 Å². The lowest BCUT2D eigenvalue weighted by molar-refractivity contribution is 0.117. The normalized spacial score (nSPS) is 16.2. The van der Waals surface area contributed by atoms with E-state index in [1.807, 2.05) is 36.4 Å². The van der Waals surface area contributed by atoms with Crippen molar-refractivity contribution >= 4 is 23.2 Å². The van der Waals surface area contributed by atoms with Gasteiger partial charge in [0.15, 0.2) is 5.60 Å². The molecule has 3 aromatic carbocycles. The van der Waals surface area contributed by atoms with E-state index in [2.05, 4.69) is 25.8 Å². The number of aromatic nitrogens is 6. The van der Waals surface area contributed by atoms with Gasteiger partial charge in [0.1, 0.15) is 11.9 Å².